The average Bonchev–Trinajstić information content (AvgIpc) is 2.13. The molecule has 0 amide bonds. The second-order valence-electron chi connectivity index (χ2n) is 1.72. The molecule has 0 bridgehead atoms. The SMILES string of the molecule is O=C1OC(C(=O)O)C=C1O. The van der Waals surface area contributed by atoms with Crippen LogP contribution in [-0.4, -0.2) is 28.3 Å². The first kappa shape index (κ1) is 6.60. The number of carboxylic acid groups (broad SMARTS) is 1. The number of aliphatic hydroxyl groups is 1. The van der Waals surface area contributed by atoms with Crippen molar-refractivity contribution in [1.82, 2.24) is 0 Å². The number of aliphatic carboxylic acids is 1. The monoisotopic (exact) mass is 144 g/mol. The summed E-state index contributed by atoms with van der Waals surface area (Å²) in [5, 5.41) is 16.8. The number of hydrogen-bond donors (Lipinski definition) is 2. The van der Waals surface area contributed by atoms with Gasteiger partial charge in [-0.1, -0.05) is 0 Å². The summed E-state index contributed by atoms with van der Waals surface area (Å²) in [6.07, 6.45) is -0.488. The van der Waals surface area contributed by atoms with E-state index in [1.54, 1.807) is 0 Å². The first-order valence-electron chi connectivity index (χ1n) is 2.46. The van der Waals surface area contributed by atoms with Crippen molar-refractivity contribution in [2.24, 2.45) is 0 Å². The molecule has 0 spiro atoms. The van der Waals surface area contributed by atoms with Gasteiger partial charge in [0.2, 0.25) is 11.9 Å². The first-order chi connectivity index (χ1) is 4.61. The van der Waals surface area contributed by atoms with Crippen molar-refractivity contribution in [3.8, 4) is 0 Å². The zero-order valence-electron chi connectivity index (χ0n) is 4.77. The lowest BCUT2D eigenvalue weighted by Gasteiger charge is -1.98. The Morgan fingerprint density at radius 3 is 2.50 bits per heavy atom. The fraction of sp³-hybridized carbons (Fsp3) is 0.200. The van der Waals surface area contributed by atoms with Gasteiger partial charge >= 0.3 is 11.9 Å². The van der Waals surface area contributed by atoms with Crippen LogP contribution < -0.4 is 0 Å². The molecule has 0 saturated heterocycles. The fourth-order valence-corrected chi connectivity index (χ4v) is 0.543. The van der Waals surface area contributed by atoms with Crippen LogP contribution in [-0.2, 0) is 14.3 Å². The van der Waals surface area contributed by atoms with Gasteiger partial charge in [-0.05, 0) is 0 Å². The lowest BCUT2D eigenvalue weighted by molar-refractivity contribution is -0.156. The molecule has 1 atom stereocenters. The molecule has 54 valence electrons. The van der Waals surface area contributed by atoms with Crippen molar-refractivity contribution in [1.29, 1.82) is 0 Å². The highest BCUT2D eigenvalue weighted by Crippen LogP contribution is 2.10. The van der Waals surface area contributed by atoms with Crippen LogP contribution in [0.15, 0.2) is 11.8 Å². The molecule has 0 aliphatic carbocycles. The van der Waals surface area contributed by atoms with Crippen molar-refractivity contribution >= 4 is 11.9 Å². The van der Waals surface area contributed by atoms with E-state index in [4.69, 9.17) is 10.2 Å². The lowest BCUT2D eigenvalue weighted by atomic mass is 10.3. The van der Waals surface area contributed by atoms with E-state index in [-0.39, 0.29) is 0 Å². The molecule has 0 radical (unpaired) electrons. The summed E-state index contributed by atoms with van der Waals surface area (Å²) >= 11 is 0. The molecule has 1 heterocycles. The van der Waals surface area contributed by atoms with E-state index in [1.807, 2.05) is 0 Å². The Morgan fingerprint density at radius 2 is 2.30 bits per heavy atom. The van der Waals surface area contributed by atoms with Crippen molar-refractivity contribution in [2.75, 3.05) is 0 Å². The summed E-state index contributed by atoms with van der Waals surface area (Å²) in [5.74, 6) is -2.93. The summed E-state index contributed by atoms with van der Waals surface area (Å²) in [7, 11) is 0. The molecule has 5 nitrogen and oxygen atoms in total. The normalized spacial score (nSPS) is 23.8. The van der Waals surface area contributed by atoms with E-state index in [0.717, 1.165) is 6.08 Å². The van der Waals surface area contributed by atoms with Gasteiger partial charge in [-0.2, -0.15) is 0 Å². The Hall–Kier alpha value is -1.52. The van der Waals surface area contributed by atoms with E-state index < -0.39 is 23.8 Å². The molecule has 5 heteroatoms. The summed E-state index contributed by atoms with van der Waals surface area (Å²) in [6.45, 7) is 0. The predicted molar refractivity (Wildman–Crippen MR) is 28.2 cm³/mol. The third kappa shape index (κ3) is 0.928. The Bertz CT molecular complexity index is 216. The number of ether oxygens (including phenoxy) is 1. The van der Waals surface area contributed by atoms with Crippen molar-refractivity contribution in [3.05, 3.63) is 11.8 Å². The number of aliphatic hydroxyl groups excluding tert-OH is 1. The molecule has 0 aromatic heterocycles. The van der Waals surface area contributed by atoms with Crippen molar-refractivity contribution in [2.45, 2.75) is 6.10 Å². The number of carboxylic acids is 1. The predicted octanol–water partition coefficient (Wildman–Crippen LogP) is -0.562. The standard InChI is InChI=1S/C5H4O5/c6-2-1-3(4(7)8)10-5(2)9/h1,3,6H,(H,7,8). The second kappa shape index (κ2) is 2.02. The molecule has 0 aromatic rings. The minimum absolute atomic E-state index is 0.646. The maximum Gasteiger partial charge on any atom is 0.374 e. The summed E-state index contributed by atoms with van der Waals surface area (Å²) < 4.78 is 4.15. The Morgan fingerprint density at radius 1 is 1.70 bits per heavy atom. The molecule has 0 aromatic carbocycles. The largest absolute Gasteiger partial charge is 0.502 e. The Balaban J connectivity index is 2.74. The van der Waals surface area contributed by atoms with Gasteiger partial charge in [0.1, 0.15) is 0 Å². The van der Waals surface area contributed by atoms with Gasteiger partial charge in [0.25, 0.3) is 0 Å². The molecule has 10 heavy (non-hydrogen) atoms. The smallest absolute Gasteiger partial charge is 0.374 e. The van der Waals surface area contributed by atoms with E-state index in [0.29, 0.717) is 0 Å². The highest BCUT2D eigenvalue weighted by Gasteiger charge is 2.29. The number of cyclic esters (lactones) is 1. The van der Waals surface area contributed by atoms with Crippen LogP contribution in [0, 0.1) is 0 Å². The van der Waals surface area contributed by atoms with Gasteiger partial charge in [-0.15, -0.1) is 0 Å². The Labute approximate surface area is 55.5 Å². The maximum absolute atomic E-state index is 10.3. The van der Waals surface area contributed by atoms with E-state index in [9.17, 15) is 9.59 Å². The number of esters is 1. The minimum Gasteiger partial charge on any atom is -0.502 e. The van der Waals surface area contributed by atoms with E-state index in [1.165, 1.54) is 0 Å². The quantitative estimate of drug-likeness (QED) is 0.482. The number of carbonyl (C=O) groups is 2. The number of carbonyl (C=O) groups excluding carboxylic acids is 1. The highest BCUT2D eigenvalue weighted by atomic mass is 16.6. The molecular weight excluding hydrogens is 140 g/mol. The van der Waals surface area contributed by atoms with Gasteiger partial charge in [0, 0.05) is 6.08 Å². The first-order valence-corrected chi connectivity index (χ1v) is 2.46. The molecule has 0 fully saturated rings. The van der Waals surface area contributed by atoms with Gasteiger partial charge in [-0.25, -0.2) is 9.59 Å². The molecular formula is C5H4O5. The van der Waals surface area contributed by atoms with Crippen LogP contribution in [0.25, 0.3) is 0 Å². The lowest BCUT2D eigenvalue weighted by Crippen LogP contribution is -2.18. The third-order valence-corrected chi connectivity index (χ3v) is 0.996. The van der Waals surface area contributed by atoms with Gasteiger partial charge in [0.05, 0.1) is 0 Å². The fourth-order valence-electron chi connectivity index (χ4n) is 0.543. The van der Waals surface area contributed by atoms with Crippen LogP contribution in [0.4, 0.5) is 0 Å². The molecule has 1 aliphatic heterocycles. The molecule has 2 N–H and O–H groups in total. The number of hydrogen-bond acceptors (Lipinski definition) is 4. The minimum atomic E-state index is -1.33. The average molecular weight is 144 g/mol. The Kier molecular flexibility index (Phi) is 1.33. The zero-order chi connectivity index (χ0) is 7.72. The van der Waals surface area contributed by atoms with Crippen molar-refractivity contribution in [3.63, 3.8) is 0 Å². The van der Waals surface area contributed by atoms with Gasteiger partial charge in [-0.3, -0.25) is 0 Å². The molecule has 1 aliphatic rings. The summed E-state index contributed by atoms with van der Waals surface area (Å²) in [4.78, 5) is 20.3. The third-order valence-electron chi connectivity index (χ3n) is 0.996. The maximum atomic E-state index is 10.3. The van der Waals surface area contributed by atoms with E-state index >= 15 is 0 Å². The second-order valence-corrected chi connectivity index (χ2v) is 1.72. The number of rotatable bonds is 1. The topological polar surface area (TPSA) is 83.8 Å². The van der Waals surface area contributed by atoms with Gasteiger partial charge < -0.3 is 14.9 Å². The molecule has 1 rings (SSSR count). The van der Waals surface area contributed by atoms with Crippen LogP contribution in [0.2, 0.25) is 0 Å². The molecule has 0 saturated carbocycles. The van der Waals surface area contributed by atoms with Crippen LogP contribution in [0.3, 0.4) is 0 Å². The molecule has 1 unspecified atom stereocenters. The van der Waals surface area contributed by atoms with Crippen LogP contribution in [0.5, 0.6) is 0 Å². The summed E-state index contributed by atoms with van der Waals surface area (Å²) in [6, 6.07) is 0. The van der Waals surface area contributed by atoms with Gasteiger partial charge in [0.15, 0.2) is 0 Å². The van der Waals surface area contributed by atoms with Crippen LogP contribution in [0.1, 0.15) is 0 Å². The summed E-state index contributed by atoms with van der Waals surface area (Å²) in [5.41, 5.74) is 0. The highest BCUT2D eigenvalue weighted by molar-refractivity contribution is 5.93. The van der Waals surface area contributed by atoms with Crippen LogP contribution >= 0.6 is 0 Å². The van der Waals surface area contributed by atoms with Crippen molar-refractivity contribution < 1.29 is 24.5 Å². The zero-order valence-corrected chi connectivity index (χ0v) is 4.77. The van der Waals surface area contributed by atoms with E-state index in [2.05, 4.69) is 4.74 Å².